The molecule has 0 spiro atoms. The van der Waals surface area contributed by atoms with Gasteiger partial charge in [-0.05, 0) is 18.1 Å². The third kappa shape index (κ3) is 4.84. The summed E-state index contributed by atoms with van der Waals surface area (Å²) < 4.78 is 87.5. The van der Waals surface area contributed by atoms with Crippen molar-refractivity contribution in [2.45, 2.75) is 25.3 Å². The lowest BCUT2D eigenvalue weighted by molar-refractivity contribution is -0.153. The van der Waals surface area contributed by atoms with Crippen LogP contribution in [-0.2, 0) is 37.2 Å². The first-order valence-electron chi connectivity index (χ1n) is 11.8. The predicted molar refractivity (Wildman–Crippen MR) is 131 cm³/mol. The van der Waals surface area contributed by atoms with Gasteiger partial charge in [-0.25, -0.2) is 19.9 Å². The van der Waals surface area contributed by atoms with Gasteiger partial charge in [-0.2, -0.15) is 26.3 Å². The van der Waals surface area contributed by atoms with E-state index in [0.717, 1.165) is 10.5 Å². The van der Waals surface area contributed by atoms with Crippen LogP contribution in [0, 0.1) is 0 Å². The van der Waals surface area contributed by atoms with Crippen molar-refractivity contribution in [3.8, 4) is 17.1 Å². The van der Waals surface area contributed by atoms with E-state index in [-0.39, 0.29) is 18.8 Å². The zero-order valence-corrected chi connectivity index (χ0v) is 21.0. The van der Waals surface area contributed by atoms with Crippen LogP contribution in [0.5, 0.6) is 5.88 Å². The quantitative estimate of drug-likeness (QED) is 0.255. The summed E-state index contributed by atoms with van der Waals surface area (Å²) in [6.45, 7) is -0.706. The van der Waals surface area contributed by atoms with Gasteiger partial charge in [-0.3, -0.25) is 4.79 Å². The molecule has 14 heteroatoms. The van der Waals surface area contributed by atoms with Crippen LogP contribution >= 0.6 is 0 Å². The molecule has 0 bridgehead atoms. The first kappa shape index (κ1) is 27.1. The van der Waals surface area contributed by atoms with Crippen molar-refractivity contribution in [3.63, 3.8) is 0 Å². The minimum absolute atomic E-state index is 0.165. The number of hydrogen-bond donors (Lipinski definition) is 0. The Hall–Kier alpha value is -4.49. The summed E-state index contributed by atoms with van der Waals surface area (Å²) in [5, 5.41) is 0.525. The predicted octanol–water partition coefficient (Wildman–Crippen LogP) is 5.07. The van der Waals surface area contributed by atoms with Crippen LogP contribution in [0.1, 0.15) is 28.3 Å². The van der Waals surface area contributed by atoms with Gasteiger partial charge in [0.05, 0.1) is 30.4 Å². The SMILES string of the molecule is COc1ncnc2c1c(/C=C/C(=O)N1CCc3c(nc(C(F)(F)F)nc3C(F)(F)F)C1)c(-c1ccccc1)n2C. The van der Waals surface area contributed by atoms with Gasteiger partial charge in [0.1, 0.15) is 12.0 Å². The zero-order chi connectivity index (χ0) is 28.8. The molecule has 4 heterocycles. The van der Waals surface area contributed by atoms with Crippen molar-refractivity contribution >= 4 is 23.0 Å². The van der Waals surface area contributed by atoms with E-state index < -0.39 is 47.6 Å². The van der Waals surface area contributed by atoms with Crippen LogP contribution in [0.15, 0.2) is 42.7 Å². The van der Waals surface area contributed by atoms with Crippen molar-refractivity contribution in [2.75, 3.05) is 13.7 Å². The first-order valence-corrected chi connectivity index (χ1v) is 11.8. The molecule has 1 aliphatic rings. The van der Waals surface area contributed by atoms with E-state index in [2.05, 4.69) is 19.9 Å². The summed E-state index contributed by atoms with van der Waals surface area (Å²) in [6.07, 6.45) is -6.60. The fourth-order valence-electron chi connectivity index (χ4n) is 4.76. The van der Waals surface area contributed by atoms with Crippen LogP contribution in [0.2, 0.25) is 0 Å². The molecule has 40 heavy (non-hydrogen) atoms. The lowest BCUT2D eigenvalue weighted by Crippen LogP contribution is -2.37. The van der Waals surface area contributed by atoms with E-state index in [1.165, 1.54) is 25.6 Å². The van der Waals surface area contributed by atoms with Crippen LogP contribution < -0.4 is 4.74 Å². The third-order valence-corrected chi connectivity index (χ3v) is 6.50. The number of fused-ring (bicyclic) bond motifs is 2. The van der Waals surface area contributed by atoms with E-state index in [1.54, 1.807) is 7.05 Å². The zero-order valence-electron chi connectivity index (χ0n) is 21.0. The van der Waals surface area contributed by atoms with Gasteiger partial charge >= 0.3 is 12.4 Å². The number of halogens is 6. The number of rotatable bonds is 4. The molecule has 1 aliphatic heterocycles. The summed E-state index contributed by atoms with van der Waals surface area (Å²) in [4.78, 5) is 28.9. The van der Waals surface area contributed by atoms with E-state index in [0.29, 0.717) is 22.3 Å². The Labute approximate surface area is 223 Å². The molecule has 8 nitrogen and oxygen atoms in total. The molecule has 1 amide bonds. The molecular formula is C26H20F6N6O2. The maximum Gasteiger partial charge on any atom is 0.451 e. The molecular weight excluding hydrogens is 542 g/mol. The molecule has 0 N–H and O–H groups in total. The van der Waals surface area contributed by atoms with Gasteiger partial charge in [0.2, 0.25) is 17.6 Å². The minimum Gasteiger partial charge on any atom is -0.480 e. The fourth-order valence-corrected chi connectivity index (χ4v) is 4.76. The molecule has 0 saturated carbocycles. The van der Waals surface area contributed by atoms with Gasteiger partial charge in [0.25, 0.3) is 0 Å². The number of alkyl halides is 6. The standard InChI is InChI=1S/C26H20F6N6O2/c1-37-20(14-6-4-3-5-7-14)16(19-22(37)33-13-34-23(19)40-2)8-9-18(39)38-11-10-15-17(12-38)35-24(26(30,31)32)36-21(15)25(27,28)29/h3-9,13H,10-12H2,1-2H3/b9-8+. The van der Waals surface area contributed by atoms with Crippen LogP contribution in [0.4, 0.5) is 26.3 Å². The van der Waals surface area contributed by atoms with Gasteiger partial charge in [0.15, 0.2) is 5.69 Å². The van der Waals surface area contributed by atoms with Crippen molar-refractivity contribution in [2.24, 2.45) is 7.05 Å². The highest BCUT2D eigenvalue weighted by Gasteiger charge is 2.43. The Morgan fingerprint density at radius 1 is 1.02 bits per heavy atom. The van der Waals surface area contributed by atoms with Crippen LogP contribution in [-0.4, -0.2) is 49.0 Å². The average Bonchev–Trinajstić information content (AvgIpc) is 3.21. The number of methoxy groups -OCH3 is 1. The number of carbonyl (C=O) groups is 1. The second-order valence-corrected chi connectivity index (χ2v) is 8.93. The van der Waals surface area contributed by atoms with Gasteiger partial charge in [0, 0.05) is 30.8 Å². The maximum absolute atomic E-state index is 13.5. The maximum atomic E-state index is 13.5. The highest BCUT2D eigenvalue weighted by molar-refractivity contribution is 6.02. The number of nitrogens with zero attached hydrogens (tertiary/aromatic N) is 6. The summed E-state index contributed by atoms with van der Waals surface area (Å²) in [7, 11) is 3.22. The largest absolute Gasteiger partial charge is 0.480 e. The molecule has 4 aromatic rings. The van der Waals surface area contributed by atoms with Crippen LogP contribution in [0.25, 0.3) is 28.4 Å². The minimum atomic E-state index is -5.19. The Kier molecular flexibility index (Phi) is 6.72. The molecule has 0 radical (unpaired) electrons. The summed E-state index contributed by atoms with van der Waals surface area (Å²) in [5.74, 6) is -2.27. The third-order valence-electron chi connectivity index (χ3n) is 6.50. The Morgan fingerprint density at radius 2 is 1.75 bits per heavy atom. The number of aryl methyl sites for hydroxylation is 1. The Balaban J connectivity index is 1.54. The number of ether oxygens (including phenoxy) is 1. The highest BCUT2D eigenvalue weighted by atomic mass is 19.4. The summed E-state index contributed by atoms with van der Waals surface area (Å²) >= 11 is 0. The Morgan fingerprint density at radius 3 is 2.40 bits per heavy atom. The topological polar surface area (TPSA) is 86.0 Å². The first-order chi connectivity index (χ1) is 18.9. The van der Waals surface area contributed by atoms with E-state index >= 15 is 0 Å². The van der Waals surface area contributed by atoms with Gasteiger partial charge in [-0.15, -0.1) is 0 Å². The average molecular weight is 562 g/mol. The van der Waals surface area contributed by atoms with Crippen LogP contribution in [0.3, 0.4) is 0 Å². The van der Waals surface area contributed by atoms with Crippen molar-refractivity contribution in [1.82, 2.24) is 29.4 Å². The van der Waals surface area contributed by atoms with Crippen molar-refractivity contribution in [3.05, 3.63) is 71.1 Å². The van der Waals surface area contributed by atoms with E-state index in [9.17, 15) is 31.1 Å². The second-order valence-electron chi connectivity index (χ2n) is 8.93. The molecule has 0 fully saturated rings. The van der Waals surface area contributed by atoms with E-state index in [4.69, 9.17) is 4.74 Å². The number of amides is 1. The molecule has 0 aliphatic carbocycles. The molecule has 208 valence electrons. The molecule has 5 rings (SSSR count). The van der Waals surface area contributed by atoms with E-state index in [1.807, 2.05) is 34.9 Å². The molecule has 3 aromatic heterocycles. The van der Waals surface area contributed by atoms with Crippen molar-refractivity contribution in [1.29, 1.82) is 0 Å². The monoisotopic (exact) mass is 562 g/mol. The van der Waals surface area contributed by atoms with Gasteiger partial charge in [-0.1, -0.05) is 30.3 Å². The van der Waals surface area contributed by atoms with Crippen molar-refractivity contribution < 1.29 is 35.9 Å². The fraction of sp³-hybridized carbons (Fsp3) is 0.269. The molecule has 0 atom stereocenters. The molecule has 0 unspecified atom stereocenters. The summed E-state index contributed by atoms with van der Waals surface area (Å²) in [5.41, 5.74) is 0.000138. The smallest absolute Gasteiger partial charge is 0.451 e. The number of aromatic nitrogens is 5. The second kappa shape index (κ2) is 9.92. The highest BCUT2D eigenvalue weighted by Crippen LogP contribution is 2.38. The molecule has 0 saturated heterocycles. The lowest BCUT2D eigenvalue weighted by atomic mass is 10.0. The Bertz CT molecular complexity index is 1630. The number of carbonyl (C=O) groups excluding carboxylic acids is 1. The van der Waals surface area contributed by atoms with Gasteiger partial charge < -0.3 is 14.2 Å². The number of hydrogen-bond acceptors (Lipinski definition) is 6. The lowest BCUT2D eigenvalue weighted by Gasteiger charge is -2.29. The summed E-state index contributed by atoms with van der Waals surface area (Å²) in [6, 6.07) is 9.26. The normalized spacial score (nSPS) is 14.2. The molecule has 1 aromatic carbocycles. The number of benzene rings is 1.